The number of thiophene rings is 1. The van der Waals surface area contributed by atoms with Crippen molar-refractivity contribution in [1.29, 1.82) is 0 Å². The molecule has 0 atom stereocenters. The van der Waals surface area contributed by atoms with Gasteiger partial charge in [-0.25, -0.2) is 4.98 Å². The van der Waals surface area contributed by atoms with Crippen LogP contribution in [0, 0.1) is 0 Å². The molecule has 0 fully saturated rings. The largest absolute Gasteiger partial charge is 0.496 e. The Morgan fingerprint density at radius 3 is 2.45 bits per heavy atom. The quantitative estimate of drug-likeness (QED) is 0.688. The molecule has 1 aromatic carbocycles. The zero-order valence-corrected chi connectivity index (χ0v) is 13.1. The lowest BCUT2D eigenvalue weighted by atomic mass is 10.3. The number of nitrogens with zero attached hydrogens (tertiary/aromatic N) is 1. The van der Waals surface area contributed by atoms with Crippen molar-refractivity contribution in [2.75, 3.05) is 14.2 Å². The standard InChI is InChI=1S/C16H15NO4S/c1-18-12-6-13(19-2)8-14(7-12)20-9-11-10-21-16(17-11)15-4-3-5-22-15/h3-8,10H,9H2,1-2H3. The summed E-state index contributed by atoms with van der Waals surface area (Å²) in [4.78, 5) is 5.40. The smallest absolute Gasteiger partial charge is 0.236 e. The predicted octanol–water partition coefficient (Wildman–Crippen LogP) is 4.00. The number of rotatable bonds is 6. The molecule has 3 aromatic rings. The average molecular weight is 317 g/mol. The fourth-order valence-corrected chi connectivity index (χ4v) is 2.56. The summed E-state index contributed by atoms with van der Waals surface area (Å²) < 4.78 is 21.6. The van der Waals surface area contributed by atoms with Gasteiger partial charge in [0.2, 0.25) is 5.89 Å². The van der Waals surface area contributed by atoms with Crippen LogP contribution in [0.3, 0.4) is 0 Å². The van der Waals surface area contributed by atoms with E-state index in [1.54, 1.807) is 50.0 Å². The molecule has 0 bridgehead atoms. The number of ether oxygens (including phenoxy) is 3. The van der Waals surface area contributed by atoms with Gasteiger partial charge in [0, 0.05) is 18.2 Å². The van der Waals surface area contributed by atoms with Crippen molar-refractivity contribution < 1.29 is 18.6 Å². The van der Waals surface area contributed by atoms with E-state index < -0.39 is 0 Å². The number of hydrogen-bond acceptors (Lipinski definition) is 6. The second-order valence-electron chi connectivity index (χ2n) is 4.46. The molecule has 5 nitrogen and oxygen atoms in total. The van der Waals surface area contributed by atoms with Crippen molar-refractivity contribution >= 4 is 11.3 Å². The first kappa shape index (κ1) is 14.5. The average Bonchev–Trinajstić information content (AvgIpc) is 3.23. The minimum Gasteiger partial charge on any atom is -0.496 e. The van der Waals surface area contributed by atoms with E-state index in [-0.39, 0.29) is 0 Å². The van der Waals surface area contributed by atoms with Crippen molar-refractivity contribution in [1.82, 2.24) is 4.98 Å². The van der Waals surface area contributed by atoms with Gasteiger partial charge < -0.3 is 18.6 Å². The molecule has 0 amide bonds. The number of aromatic nitrogens is 1. The van der Waals surface area contributed by atoms with Crippen molar-refractivity contribution in [3.8, 4) is 28.0 Å². The highest BCUT2D eigenvalue weighted by Crippen LogP contribution is 2.28. The lowest BCUT2D eigenvalue weighted by molar-refractivity contribution is 0.295. The van der Waals surface area contributed by atoms with Crippen LogP contribution in [-0.4, -0.2) is 19.2 Å². The van der Waals surface area contributed by atoms with Gasteiger partial charge in [0.05, 0.1) is 19.1 Å². The second-order valence-corrected chi connectivity index (χ2v) is 5.41. The molecule has 2 aromatic heterocycles. The SMILES string of the molecule is COc1cc(OC)cc(OCc2coc(-c3cccs3)n2)c1. The van der Waals surface area contributed by atoms with Gasteiger partial charge in [0.15, 0.2) is 0 Å². The van der Waals surface area contributed by atoms with Crippen molar-refractivity contribution in [3.05, 3.63) is 47.7 Å². The Labute approximate surface area is 132 Å². The van der Waals surface area contributed by atoms with Crippen LogP contribution in [0.5, 0.6) is 17.2 Å². The van der Waals surface area contributed by atoms with Gasteiger partial charge >= 0.3 is 0 Å². The Kier molecular flexibility index (Phi) is 4.29. The predicted molar refractivity (Wildman–Crippen MR) is 83.7 cm³/mol. The topological polar surface area (TPSA) is 53.7 Å². The summed E-state index contributed by atoms with van der Waals surface area (Å²) in [7, 11) is 3.20. The number of oxazole rings is 1. The van der Waals surface area contributed by atoms with Gasteiger partial charge in [0.25, 0.3) is 0 Å². The number of methoxy groups -OCH3 is 2. The van der Waals surface area contributed by atoms with Gasteiger partial charge in [-0.05, 0) is 11.4 Å². The third-order valence-electron chi connectivity index (χ3n) is 3.00. The Hall–Kier alpha value is -2.47. The molecule has 0 aliphatic heterocycles. The maximum absolute atomic E-state index is 5.73. The molecule has 3 rings (SSSR count). The molecule has 0 saturated heterocycles. The van der Waals surface area contributed by atoms with Crippen LogP contribution >= 0.6 is 11.3 Å². The Bertz CT molecular complexity index is 714. The highest BCUT2D eigenvalue weighted by molar-refractivity contribution is 7.13. The third-order valence-corrected chi connectivity index (χ3v) is 3.85. The molecular weight excluding hydrogens is 302 g/mol. The van der Waals surface area contributed by atoms with Crippen molar-refractivity contribution in [2.24, 2.45) is 0 Å². The van der Waals surface area contributed by atoms with E-state index in [0.29, 0.717) is 29.7 Å². The summed E-state index contributed by atoms with van der Waals surface area (Å²) in [5, 5.41) is 1.98. The highest BCUT2D eigenvalue weighted by Gasteiger charge is 2.09. The van der Waals surface area contributed by atoms with Gasteiger partial charge in [-0.15, -0.1) is 11.3 Å². The second kappa shape index (κ2) is 6.53. The molecule has 6 heteroatoms. The molecule has 2 heterocycles. The molecule has 0 radical (unpaired) electrons. The lowest BCUT2D eigenvalue weighted by Gasteiger charge is -2.09. The van der Waals surface area contributed by atoms with Gasteiger partial charge in [-0.1, -0.05) is 6.07 Å². The van der Waals surface area contributed by atoms with E-state index in [9.17, 15) is 0 Å². The van der Waals surface area contributed by atoms with Crippen molar-refractivity contribution in [3.63, 3.8) is 0 Å². The first-order valence-corrected chi connectivity index (χ1v) is 7.50. The summed E-state index contributed by atoms with van der Waals surface area (Å²) in [6.07, 6.45) is 1.60. The molecule has 0 aliphatic rings. The summed E-state index contributed by atoms with van der Waals surface area (Å²) in [6, 6.07) is 9.31. The van der Waals surface area contributed by atoms with E-state index in [1.165, 1.54) is 0 Å². The molecule has 0 aliphatic carbocycles. The zero-order valence-electron chi connectivity index (χ0n) is 12.2. The van der Waals surface area contributed by atoms with Gasteiger partial charge in [-0.2, -0.15) is 0 Å². The Morgan fingerprint density at radius 2 is 1.82 bits per heavy atom. The number of hydrogen-bond donors (Lipinski definition) is 0. The molecule has 0 saturated carbocycles. The Morgan fingerprint density at radius 1 is 1.09 bits per heavy atom. The molecule has 114 valence electrons. The van der Waals surface area contributed by atoms with Crippen LogP contribution < -0.4 is 14.2 Å². The molecule has 0 spiro atoms. The zero-order chi connectivity index (χ0) is 15.4. The van der Waals surface area contributed by atoms with Crippen LogP contribution in [0.25, 0.3) is 10.8 Å². The molecule has 0 unspecified atom stereocenters. The van der Waals surface area contributed by atoms with Crippen LogP contribution in [0.1, 0.15) is 5.69 Å². The monoisotopic (exact) mass is 317 g/mol. The minimum absolute atomic E-state index is 0.311. The molecule has 0 N–H and O–H groups in total. The van der Waals surface area contributed by atoms with Crippen LogP contribution in [0.4, 0.5) is 0 Å². The summed E-state index contributed by atoms with van der Waals surface area (Å²) >= 11 is 1.58. The minimum atomic E-state index is 0.311. The fraction of sp³-hybridized carbons (Fsp3) is 0.188. The van der Waals surface area contributed by atoms with E-state index in [4.69, 9.17) is 18.6 Å². The normalized spacial score (nSPS) is 10.5. The summed E-state index contributed by atoms with van der Waals surface area (Å²) in [6.45, 7) is 0.311. The first-order valence-electron chi connectivity index (χ1n) is 6.62. The van der Waals surface area contributed by atoms with E-state index in [0.717, 1.165) is 10.6 Å². The van der Waals surface area contributed by atoms with E-state index in [2.05, 4.69) is 4.98 Å². The molecular formula is C16H15NO4S. The Balaban J connectivity index is 1.70. The maximum atomic E-state index is 5.73. The van der Waals surface area contributed by atoms with Crippen LogP contribution in [0.15, 0.2) is 46.4 Å². The fourth-order valence-electron chi connectivity index (χ4n) is 1.91. The highest BCUT2D eigenvalue weighted by atomic mass is 32.1. The molecule has 22 heavy (non-hydrogen) atoms. The van der Waals surface area contributed by atoms with Crippen molar-refractivity contribution in [2.45, 2.75) is 6.61 Å². The maximum Gasteiger partial charge on any atom is 0.236 e. The van der Waals surface area contributed by atoms with E-state index in [1.807, 2.05) is 17.5 Å². The summed E-state index contributed by atoms with van der Waals surface area (Å²) in [5.41, 5.74) is 0.727. The number of benzene rings is 1. The summed E-state index contributed by atoms with van der Waals surface area (Å²) in [5.74, 6) is 2.61. The van der Waals surface area contributed by atoms with Crippen LogP contribution in [0.2, 0.25) is 0 Å². The van der Waals surface area contributed by atoms with Crippen LogP contribution in [-0.2, 0) is 6.61 Å². The lowest BCUT2D eigenvalue weighted by Crippen LogP contribution is -1.97. The van der Waals surface area contributed by atoms with E-state index >= 15 is 0 Å². The van der Waals surface area contributed by atoms with Gasteiger partial charge in [0.1, 0.15) is 35.8 Å². The first-order chi connectivity index (χ1) is 10.8. The third kappa shape index (κ3) is 3.23. The van der Waals surface area contributed by atoms with Gasteiger partial charge in [-0.3, -0.25) is 0 Å².